The van der Waals surface area contributed by atoms with Crippen LogP contribution in [0.5, 0.6) is 0 Å². The molecule has 1 aromatic heterocycles. The fraction of sp³-hybridized carbons (Fsp3) is 0.538. The van der Waals surface area contributed by atoms with Crippen LogP contribution >= 0.6 is 0 Å². The predicted octanol–water partition coefficient (Wildman–Crippen LogP) is 1.14. The lowest BCUT2D eigenvalue weighted by molar-refractivity contribution is 0.0343. The summed E-state index contributed by atoms with van der Waals surface area (Å²) in [6.45, 7) is 4.56. The Morgan fingerprint density at radius 2 is 2.15 bits per heavy atom. The van der Waals surface area contributed by atoms with E-state index in [0.717, 1.165) is 12.3 Å². The Bertz CT molecular complexity index is 445. The van der Waals surface area contributed by atoms with Crippen molar-refractivity contribution in [3.63, 3.8) is 0 Å². The topological polar surface area (TPSA) is 91.7 Å². The number of aromatic nitrogens is 1. The minimum absolute atomic E-state index is 0.140. The Labute approximate surface area is 116 Å². The molecule has 0 aliphatic heterocycles. The molecule has 0 fully saturated rings. The van der Waals surface area contributed by atoms with Crippen LogP contribution in [-0.4, -0.2) is 39.5 Å². The molecule has 0 unspecified atom stereocenters. The summed E-state index contributed by atoms with van der Waals surface area (Å²) < 4.78 is 17.8. The number of ether oxygens (including phenoxy) is 1. The van der Waals surface area contributed by atoms with E-state index in [2.05, 4.69) is 10.3 Å². The summed E-state index contributed by atoms with van der Waals surface area (Å²) in [5.41, 5.74) is -0.551. The number of nitrogens with one attached hydrogen (secondary N) is 1. The van der Waals surface area contributed by atoms with Gasteiger partial charge in [-0.2, -0.15) is 0 Å². The third kappa shape index (κ3) is 5.10. The standard InChI is InChI=1S/C13H19FN2O4/c1-13(2,3)20-12(19)16-10(7-17)11(18)9-5-4-8(14)6-15-9/h4-6,10-11,17-18H,7H2,1-3H3,(H,16,19)/t10-,11-/m0/s1. The van der Waals surface area contributed by atoms with Crippen molar-refractivity contribution in [1.82, 2.24) is 10.3 Å². The molecule has 0 saturated carbocycles. The highest BCUT2D eigenvalue weighted by molar-refractivity contribution is 5.68. The van der Waals surface area contributed by atoms with Gasteiger partial charge in [0.15, 0.2) is 0 Å². The van der Waals surface area contributed by atoms with Crippen LogP contribution in [0.3, 0.4) is 0 Å². The molecule has 0 aliphatic rings. The largest absolute Gasteiger partial charge is 0.444 e. The molecule has 1 rings (SSSR count). The zero-order chi connectivity index (χ0) is 15.3. The van der Waals surface area contributed by atoms with E-state index in [1.54, 1.807) is 20.8 Å². The number of alkyl carbamates (subject to hydrolysis) is 1. The number of nitrogens with zero attached hydrogens (tertiary/aromatic N) is 1. The van der Waals surface area contributed by atoms with Gasteiger partial charge in [-0.15, -0.1) is 0 Å². The number of halogens is 1. The van der Waals surface area contributed by atoms with Gasteiger partial charge in [0.05, 0.1) is 24.5 Å². The highest BCUT2D eigenvalue weighted by Gasteiger charge is 2.25. The second-order valence-corrected chi connectivity index (χ2v) is 5.28. The minimum Gasteiger partial charge on any atom is -0.444 e. The Morgan fingerprint density at radius 1 is 1.50 bits per heavy atom. The van der Waals surface area contributed by atoms with E-state index in [0.29, 0.717) is 0 Å². The van der Waals surface area contributed by atoms with E-state index in [-0.39, 0.29) is 5.69 Å². The Balaban J connectivity index is 2.70. The molecule has 1 aromatic rings. The van der Waals surface area contributed by atoms with Crippen molar-refractivity contribution in [3.05, 3.63) is 29.8 Å². The third-order valence-corrected chi connectivity index (χ3v) is 2.33. The van der Waals surface area contributed by atoms with E-state index < -0.39 is 36.3 Å². The number of aliphatic hydroxyl groups is 2. The molecule has 2 atom stereocenters. The number of carbonyl (C=O) groups is 1. The first-order valence-corrected chi connectivity index (χ1v) is 6.13. The van der Waals surface area contributed by atoms with Gasteiger partial charge in [0.1, 0.15) is 17.5 Å². The SMILES string of the molecule is CC(C)(C)OC(=O)N[C@@H](CO)[C@@H](O)c1ccc(F)cn1. The first kappa shape index (κ1) is 16.3. The summed E-state index contributed by atoms with van der Waals surface area (Å²) in [7, 11) is 0. The molecular weight excluding hydrogens is 267 g/mol. The maximum Gasteiger partial charge on any atom is 0.408 e. The summed E-state index contributed by atoms with van der Waals surface area (Å²) >= 11 is 0. The molecule has 3 N–H and O–H groups in total. The van der Waals surface area contributed by atoms with Gasteiger partial charge in [0.2, 0.25) is 0 Å². The summed E-state index contributed by atoms with van der Waals surface area (Å²) in [4.78, 5) is 15.3. The van der Waals surface area contributed by atoms with Crippen molar-refractivity contribution in [2.75, 3.05) is 6.61 Å². The summed E-state index contributed by atoms with van der Waals surface area (Å²) in [6.07, 6.45) is -1.09. The smallest absolute Gasteiger partial charge is 0.408 e. The third-order valence-electron chi connectivity index (χ3n) is 2.33. The normalized spacial score (nSPS) is 14.5. The van der Waals surface area contributed by atoms with E-state index in [1.165, 1.54) is 6.07 Å². The average molecular weight is 286 g/mol. The molecule has 7 heteroatoms. The maximum atomic E-state index is 12.7. The van der Waals surface area contributed by atoms with Crippen LogP contribution in [0, 0.1) is 5.82 Å². The molecular formula is C13H19FN2O4. The van der Waals surface area contributed by atoms with E-state index in [1.807, 2.05) is 0 Å². The summed E-state index contributed by atoms with van der Waals surface area (Å²) in [5, 5.41) is 21.6. The molecule has 0 spiro atoms. The van der Waals surface area contributed by atoms with Crippen molar-refractivity contribution >= 4 is 6.09 Å². The van der Waals surface area contributed by atoms with Gasteiger partial charge in [-0.1, -0.05) is 0 Å². The minimum atomic E-state index is -1.27. The van der Waals surface area contributed by atoms with E-state index >= 15 is 0 Å². The fourth-order valence-electron chi connectivity index (χ4n) is 1.45. The molecule has 6 nitrogen and oxygen atoms in total. The van der Waals surface area contributed by atoms with Gasteiger partial charge in [-0.3, -0.25) is 4.98 Å². The average Bonchev–Trinajstić information content (AvgIpc) is 2.34. The molecule has 20 heavy (non-hydrogen) atoms. The number of rotatable bonds is 4. The number of amides is 1. The summed E-state index contributed by atoms with van der Waals surface area (Å²) in [5.74, 6) is -0.540. The molecule has 1 amide bonds. The van der Waals surface area contributed by atoms with E-state index in [9.17, 15) is 19.4 Å². The van der Waals surface area contributed by atoms with Crippen LogP contribution in [0.2, 0.25) is 0 Å². The maximum absolute atomic E-state index is 12.7. The van der Waals surface area contributed by atoms with Gasteiger partial charge in [-0.05, 0) is 32.9 Å². The first-order valence-electron chi connectivity index (χ1n) is 6.13. The Kier molecular flexibility index (Phi) is 5.41. The lowest BCUT2D eigenvalue weighted by Crippen LogP contribution is -2.44. The van der Waals surface area contributed by atoms with Crippen molar-refractivity contribution < 1.29 is 24.1 Å². The number of hydrogen-bond acceptors (Lipinski definition) is 5. The lowest BCUT2D eigenvalue weighted by Gasteiger charge is -2.25. The predicted molar refractivity (Wildman–Crippen MR) is 69.4 cm³/mol. The number of hydrogen-bond donors (Lipinski definition) is 3. The summed E-state index contributed by atoms with van der Waals surface area (Å²) in [6, 6.07) is 1.41. The van der Waals surface area contributed by atoms with Crippen LogP contribution in [0.1, 0.15) is 32.6 Å². The van der Waals surface area contributed by atoms with Crippen LogP contribution < -0.4 is 5.32 Å². The molecule has 0 aliphatic carbocycles. The zero-order valence-electron chi connectivity index (χ0n) is 11.6. The van der Waals surface area contributed by atoms with Crippen LogP contribution in [0.4, 0.5) is 9.18 Å². The zero-order valence-corrected chi connectivity index (χ0v) is 11.6. The highest BCUT2D eigenvalue weighted by Crippen LogP contribution is 2.15. The molecule has 112 valence electrons. The van der Waals surface area contributed by atoms with Crippen LogP contribution in [-0.2, 0) is 4.74 Å². The van der Waals surface area contributed by atoms with Gasteiger partial charge in [-0.25, -0.2) is 9.18 Å². The molecule has 1 heterocycles. The van der Waals surface area contributed by atoms with Crippen molar-refractivity contribution in [2.24, 2.45) is 0 Å². The Hall–Kier alpha value is -1.73. The van der Waals surface area contributed by atoms with Crippen molar-refractivity contribution in [1.29, 1.82) is 0 Å². The second-order valence-electron chi connectivity index (χ2n) is 5.28. The van der Waals surface area contributed by atoms with Crippen molar-refractivity contribution in [3.8, 4) is 0 Å². The molecule has 0 radical (unpaired) electrons. The molecule has 0 saturated heterocycles. The van der Waals surface area contributed by atoms with Gasteiger partial charge < -0.3 is 20.3 Å². The first-order chi connectivity index (χ1) is 9.23. The van der Waals surface area contributed by atoms with Crippen molar-refractivity contribution in [2.45, 2.75) is 38.5 Å². The molecule has 0 bridgehead atoms. The number of carbonyl (C=O) groups excluding carboxylic acids is 1. The molecule has 0 aromatic carbocycles. The number of aliphatic hydroxyl groups excluding tert-OH is 2. The quantitative estimate of drug-likeness (QED) is 0.772. The lowest BCUT2D eigenvalue weighted by atomic mass is 10.1. The van der Waals surface area contributed by atoms with Gasteiger partial charge in [0.25, 0.3) is 0 Å². The highest BCUT2D eigenvalue weighted by atomic mass is 19.1. The van der Waals surface area contributed by atoms with Gasteiger partial charge >= 0.3 is 6.09 Å². The van der Waals surface area contributed by atoms with Gasteiger partial charge in [0, 0.05) is 0 Å². The van der Waals surface area contributed by atoms with Crippen LogP contribution in [0.15, 0.2) is 18.3 Å². The number of pyridine rings is 1. The Morgan fingerprint density at radius 3 is 2.60 bits per heavy atom. The monoisotopic (exact) mass is 286 g/mol. The second kappa shape index (κ2) is 6.62. The van der Waals surface area contributed by atoms with Crippen LogP contribution in [0.25, 0.3) is 0 Å². The fourth-order valence-corrected chi connectivity index (χ4v) is 1.45. The van der Waals surface area contributed by atoms with E-state index in [4.69, 9.17) is 4.74 Å².